The number of amides is 1. The summed E-state index contributed by atoms with van der Waals surface area (Å²) in [4.78, 5) is 34.4. The van der Waals surface area contributed by atoms with Gasteiger partial charge in [-0.15, -0.1) is 11.3 Å². The van der Waals surface area contributed by atoms with Crippen LogP contribution in [0.25, 0.3) is 10.2 Å². The van der Waals surface area contributed by atoms with Gasteiger partial charge in [0.05, 0.1) is 23.8 Å². The zero-order valence-electron chi connectivity index (χ0n) is 16.4. The van der Waals surface area contributed by atoms with Gasteiger partial charge < -0.3 is 9.64 Å². The van der Waals surface area contributed by atoms with Crippen molar-refractivity contribution in [3.8, 4) is 0 Å². The van der Waals surface area contributed by atoms with Gasteiger partial charge in [0.25, 0.3) is 5.56 Å². The van der Waals surface area contributed by atoms with E-state index in [0.717, 1.165) is 33.5 Å². The third kappa shape index (κ3) is 4.22. The molecule has 1 amide bonds. The number of thioether (sulfide) groups is 1. The van der Waals surface area contributed by atoms with Crippen LogP contribution in [-0.2, 0) is 16.1 Å². The lowest BCUT2D eigenvalue weighted by Crippen LogP contribution is -2.44. The summed E-state index contributed by atoms with van der Waals surface area (Å²) < 4.78 is 7.09. The van der Waals surface area contributed by atoms with Crippen LogP contribution in [0.2, 0.25) is 0 Å². The Bertz CT molecular complexity index is 884. The zero-order chi connectivity index (χ0) is 19.6. The number of morpholine rings is 1. The Labute approximate surface area is 167 Å². The van der Waals surface area contributed by atoms with Crippen LogP contribution in [0.4, 0.5) is 0 Å². The van der Waals surface area contributed by atoms with E-state index in [1.165, 1.54) is 11.8 Å². The van der Waals surface area contributed by atoms with E-state index in [9.17, 15) is 9.59 Å². The number of fused-ring (bicyclic) bond motifs is 1. The largest absolute Gasteiger partial charge is 0.378 e. The highest BCUT2D eigenvalue weighted by Gasteiger charge is 2.26. The zero-order valence-corrected chi connectivity index (χ0v) is 18.0. The van der Waals surface area contributed by atoms with Crippen molar-refractivity contribution in [3.05, 3.63) is 20.8 Å². The quantitative estimate of drug-likeness (QED) is 0.541. The number of carbonyl (C=O) groups excluding carboxylic acids is 1. The normalized spacial score (nSPS) is 16.1. The molecule has 27 heavy (non-hydrogen) atoms. The maximum Gasteiger partial charge on any atom is 0.263 e. The molecule has 0 spiro atoms. The number of carbonyl (C=O) groups is 1. The number of aryl methyl sites for hydroxylation is 2. The van der Waals surface area contributed by atoms with Crippen LogP contribution in [0.15, 0.2) is 9.95 Å². The SMILES string of the molecule is CCCCn1c(SC(C)C(=O)N2CCOCC2)nc2sc(C)c(C)c2c1=O. The Morgan fingerprint density at radius 3 is 2.70 bits per heavy atom. The van der Waals surface area contributed by atoms with Gasteiger partial charge in [0.2, 0.25) is 5.91 Å². The molecule has 2 aromatic rings. The molecule has 0 bridgehead atoms. The van der Waals surface area contributed by atoms with Crippen molar-refractivity contribution in [1.29, 1.82) is 0 Å². The minimum absolute atomic E-state index is 0.0174. The number of nitrogens with zero attached hydrogens (tertiary/aromatic N) is 3. The molecule has 1 aliphatic rings. The minimum Gasteiger partial charge on any atom is -0.378 e. The minimum atomic E-state index is -0.289. The predicted octanol–water partition coefficient (Wildman–Crippen LogP) is 3.21. The summed E-state index contributed by atoms with van der Waals surface area (Å²) in [5.41, 5.74) is 1.04. The summed E-state index contributed by atoms with van der Waals surface area (Å²) in [6.45, 7) is 11.1. The van der Waals surface area contributed by atoms with Crippen molar-refractivity contribution in [2.75, 3.05) is 26.3 Å². The van der Waals surface area contributed by atoms with Crippen molar-refractivity contribution in [3.63, 3.8) is 0 Å². The first-order valence-corrected chi connectivity index (χ1v) is 11.2. The van der Waals surface area contributed by atoms with Crippen molar-refractivity contribution in [2.45, 2.75) is 57.5 Å². The van der Waals surface area contributed by atoms with Crippen molar-refractivity contribution >= 4 is 39.2 Å². The molecule has 3 rings (SSSR count). The number of rotatable bonds is 6. The molecule has 148 valence electrons. The third-order valence-electron chi connectivity index (χ3n) is 4.94. The molecule has 0 aliphatic carbocycles. The lowest BCUT2D eigenvalue weighted by molar-refractivity contribution is -0.134. The molecule has 1 fully saturated rings. The number of thiophene rings is 1. The van der Waals surface area contributed by atoms with Crippen LogP contribution in [0.1, 0.15) is 37.1 Å². The molecule has 1 aliphatic heterocycles. The molecular weight excluding hydrogens is 382 g/mol. The van der Waals surface area contributed by atoms with Crippen LogP contribution < -0.4 is 5.56 Å². The predicted molar refractivity (Wildman–Crippen MR) is 111 cm³/mol. The maximum atomic E-state index is 13.1. The number of ether oxygens (including phenoxy) is 1. The second-order valence-corrected chi connectivity index (χ2v) is 9.38. The van der Waals surface area contributed by atoms with Gasteiger partial charge in [-0.25, -0.2) is 4.98 Å². The van der Waals surface area contributed by atoms with Crippen LogP contribution in [-0.4, -0.2) is 51.9 Å². The molecule has 1 saturated heterocycles. The molecule has 0 aromatic carbocycles. The fourth-order valence-corrected chi connectivity index (χ4v) is 5.25. The first kappa shape index (κ1) is 20.4. The monoisotopic (exact) mass is 409 g/mol. The second kappa shape index (κ2) is 8.75. The summed E-state index contributed by atoms with van der Waals surface area (Å²) >= 11 is 2.95. The average molecular weight is 410 g/mol. The van der Waals surface area contributed by atoms with E-state index in [2.05, 4.69) is 6.92 Å². The van der Waals surface area contributed by atoms with Crippen molar-refractivity contribution in [2.24, 2.45) is 0 Å². The van der Waals surface area contributed by atoms with Crippen LogP contribution in [0.5, 0.6) is 0 Å². The molecular formula is C19H27N3O3S2. The number of hydrogen-bond acceptors (Lipinski definition) is 6. The molecule has 0 N–H and O–H groups in total. The van der Waals surface area contributed by atoms with Crippen LogP contribution in [0, 0.1) is 13.8 Å². The number of aromatic nitrogens is 2. The van der Waals surface area contributed by atoms with Gasteiger partial charge in [-0.2, -0.15) is 0 Å². The molecule has 8 heteroatoms. The lowest BCUT2D eigenvalue weighted by Gasteiger charge is -2.29. The molecule has 1 atom stereocenters. The van der Waals surface area contributed by atoms with E-state index < -0.39 is 0 Å². The highest BCUT2D eigenvalue weighted by Crippen LogP contribution is 2.30. The summed E-state index contributed by atoms with van der Waals surface area (Å²) in [6, 6.07) is 0. The van der Waals surface area contributed by atoms with Crippen molar-refractivity contribution in [1.82, 2.24) is 14.5 Å². The fourth-order valence-electron chi connectivity index (χ4n) is 3.16. The van der Waals surface area contributed by atoms with Crippen LogP contribution in [0.3, 0.4) is 0 Å². The second-order valence-electron chi connectivity index (χ2n) is 6.87. The Balaban J connectivity index is 1.94. The Kier molecular flexibility index (Phi) is 6.60. The summed E-state index contributed by atoms with van der Waals surface area (Å²) in [5, 5.41) is 1.09. The van der Waals surface area contributed by atoms with E-state index in [1.807, 2.05) is 25.7 Å². The summed E-state index contributed by atoms with van der Waals surface area (Å²) in [6.07, 6.45) is 1.91. The van der Waals surface area contributed by atoms with E-state index in [-0.39, 0.29) is 16.7 Å². The molecule has 1 unspecified atom stereocenters. The van der Waals surface area contributed by atoms with Crippen LogP contribution >= 0.6 is 23.1 Å². The number of hydrogen-bond donors (Lipinski definition) is 0. The van der Waals surface area contributed by atoms with Gasteiger partial charge in [-0.1, -0.05) is 25.1 Å². The van der Waals surface area contributed by atoms with Gasteiger partial charge in [0.15, 0.2) is 5.16 Å². The topological polar surface area (TPSA) is 64.4 Å². The van der Waals surface area contributed by atoms with Gasteiger partial charge in [-0.05, 0) is 32.8 Å². The van der Waals surface area contributed by atoms with Crippen molar-refractivity contribution < 1.29 is 9.53 Å². The average Bonchev–Trinajstić information content (AvgIpc) is 2.95. The Morgan fingerprint density at radius 1 is 1.33 bits per heavy atom. The summed E-state index contributed by atoms with van der Waals surface area (Å²) in [7, 11) is 0. The Morgan fingerprint density at radius 2 is 2.04 bits per heavy atom. The molecule has 2 aromatic heterocycles. The fraction of sp³-hybridized carbons (Fsp3) is 0.632. The molecule has 3 heterocycles. The van der Waals surface area contributed by atoms with E-state index in [1.54, 1.807) is 15.9 Å². The van der Waals surface area contributed by atoms with E-state index in [4.69, 9.17) is 9.72 Å². The summed E-state index contributed by atoms with van der Waals surface area (Å²) in [5.74, 6) is 0.0817. The smallest absolute Gasteiger partial charge is 0.263 e. The van der Waals surface area contributed by atoms with Gasteiger partial charge >= 0.3 is 0 Å². The highest BCUT2D eigenvalue weighted by atomic mass is 32.2. The molecule has 6 nitrogen and oxygen atoms in total. The highest BCUT2D eigenvalue weighted by molar-refractivity contribution is 8.00. The molecule has 0 saturated carbocycles. The van der Waals surface area contributed by atoms with Gasteiger partial charge in [0.1, 0.15) is 4.83 Å². The lowest BCUT2D eigenvalue weighted by atomic mass is 10.2. The van der Waals surface area contributed by atoms with Gasteiger partial charge in [0, 0.05) is 24.5 Å². The standard InChI is InChI=1S/C19H27N3O3S2/c1-5-6-7-22-18(24)15-12(2)13(3)26-16(15)20-19(22)27-14(4)17(23)21-8-10-25-11-9-21/h14H,5-11H2,1-4H3. The Hall–Kier alpha value is -1.38. The number of unbranched alkanes of at least 4 members (excludes halogenated alkanes) is 1. The third-order valence-corrected chi connectivity index (χ3v) is 7.12. The van der Waals surface area contributed by atoms with Gasteiger partial charge in [-0.3, -0.25) is 14.2 Å². The van der Waals surface area contributed by atoms with E-state index >= 15 is 0 Å². The molecule has 0 radical (unpaired) electrons. The maximum absolute atomic E-state index is 13.1. The first-order chi connectivity index (χ1) is 12.9. The first-order valence-electron chi connectivity index (χ1n) is 9.47. The van der Waals surface area contributed by atoms with E-state index in [0.29, 0.717) is 38.0 Å².